The minimum atomic E-state index is -5.08. The van der Waals surface area contributed by atoms with Gasteiger partial charge in [-0.25, -0.2) is 4.79 Å². The molecule has 2 amide bonds. The third-order valence-electron chi connectivity index (χ3n) is 5.86. The number of amides is 2. The normalized spacial score (nSPS) is 18.3. The van der Waals surface area contributed by atoms with Gasteiger partial charge in [-0.05, 0) is 49.1 Å². The van der Waals surface area contributed by atoms with Gasteiger partial charge in [-0.3, -0.25) is 14.6 Å². The number of benzene rings is 1. The Hall–Kier alpha value is -3.67. The van der Waals surface area contributed by atoms with Gasteiger partial charge in [-0.15, -0.1) is 0 Å². The molecule has 1 aromatic carbocycles. The number of halogens is 3. The van der Waals surface area contributed by atoms with Gasteiger partial charge in [0.1, 0.15) is 11.4 Å². The number of ether oxygens (including phenoxy) is 1. The van der Waals surface area contributed by atoms with Crippen molar-refractivity contribution >= 4 is 17.8 Å². The lowest BCUT2D eigenvalue weighted by molar-refractivity contribution is -0.192. The Bertz CT molecular complexity index is 1060. The third-order valence-corrected chi connectivity index (χ3v) is 5.86. The molecule has 35 heavy (non-hydrogen) atoms. The highest BCUT2D eigenvalue weighted by Gasteiger charge is 2.54. The number of hydrogen-bond donors (Lipinski definition) is 3. The molecular weight excluding hydrogens is 471 g/mol. The van der Waals surface area contributed by atoms with Crippen LogP contribution < -0.4 is 5.32 Å². The van der Waals surface area contributed by atoms with E-state index in [0.717, 1.165) is 12.8 Å². The van der Waals surface area contributed by atoms with E-state index in [1.807, 2.05) is 0 Å². The number of rotatable bonds is 5. The van der Waals surface area contributed by atoms with Gasteiger partial charge in [0.25, 0.3) is 11.8 Å². The number of carboxylic acids is 1. The summed E-state index contributed by atoms with van der Waals surface area (Å²) in [6.45, 7) is 2.34. The molecule has 0 bridgehead atoms. The van der Waals surface area contributed by atoms with E-state index in [-0.39, 0.29) is 23.2 Å². The number of carboxylic acid groups (broad SMARTS) is 1. The number of carbonyl (C=O) groups is 3. The number of alkyl halides is 3. The van der Waals surface area contributed by atoms with E-state index in [1.54, 1.807) is 47.6 Å². The lowest BCUT2D eigenvalue weighted by Crippen LogP contribution is -2.66. The maximum Gasteiger partial charge on any atom is 0.490 e. The number of nitrogens with one attached hydrogen (secondary N) is 1. The van der Waals surface area contributed by atoms with Crippen LogP contribution in [0.1, 0.15) is 33.6 Å². The number of aliphatic carboxylic acids is 1. The van der Waals surface area contributed by atoms with E-state index in [9.17, 15) is 27.9 Å². The maximum atomic E-state index is 12.6. The standard InChI is InChI=1S/C21H23N3O4.C2HF3O2/c25-18-3-1-2-16(12-18)20(27)24-13-21(14-24)17(7-11-28-21)6-10-23-19(26)15-4-8-22-9-5-15;3-2(4,5)1(6)7/h1-5,8-9,12,17,25H,6-7,10-11,13-14H2,(H,23,26);(H,6,7). The Morgan fingerprint density at radius 1 is 1.14 bits per heavy atom. The van der Waals surface area contributed by atoms with Crippen LogP contribution in [-0.2, 0) is 9.53 Å². The summed E-state index contributed by atoms with van der Waals surface area (Å²) in [6, 6.07) is 9.77. The molecule has 188 valence electrons. The summed E-state index contributed by atoms with van der Waals surface area (Å²) in [5, 5.41) is 19.6. The Morgan fingerprint density at radius 3 is 2.40 bits per heavy atom. The zero-order valence-corrected chi connectivity index (χ0v) is 18.5. The minimum Gasteiger partial charge on any atom is -0.508 e. The first kappa shape index (κ1) is 25.9. The van der Waals surface area contributed by atoms with Crippen LogP contribution in [0.25, 0.3) is 0 Å². The smallest absolute Gasteiger partial charge is 0.490 e. The molecular formula is C23H24F3N3O6. The molecule has 2 fully saturated rings. The second-order valence-corrected chi connectivity index (χ2v) is 8.19. The van der Waals surface area contributed by atoms with Gasteiger partial charge in [0.05, 0.1) is 13.1 Å². The highest BCUT2D eigenvalue weighted by atomic mass is 19.4. The summed E-state index contributed by atoms with van der Waals surface area (Å²) >= 11 is 0. The van der Waals surface area contributed by atoms with Crippen molar-refractivity contribution in [1.29, 1.82) is 0 Å². The van der Waals surface area contributed by atoms with Gasteiger partial charge in [0.15, 0.2) is 0 Å². The van der Waals surface area contributed by atoms with Crippen LogP contribution in [0.5, 0.6) is 5.75 Å². The van der Waals surface area contributed by atoms with Crippen molar-refractivity contribution in [2.45, 2.75) is 24.6 Å². The number of aromatic nitrogens is 1. The number of hydrogen-bond acceptors (Lipinski definition) is 6. The Kier molecular flexibility index (Phi) is 7.95. The molecule has 2 aliphatic heterocycles. The van der Waals surface area contributed by atoms with Crippen molar-refractivity contribution < 1.29 is 42.5 Å². The Morgan fingerprint density at radius 2 is 1.80 bits per heavy atom. The average Bonchev–Trinajstić information content (AvgIpc) is 3.22. The molecule has 0 aliphatic carbocycles. The second kappa shape index (κ2) is 10.7. The molecule has 2 aromatic rings. The highest BCUT2D eigenvalue weighted by Crippen LogP contribution is 2.42. The van der Waals surface area contributed by atoms with Crippen LogP contribution in [0, 0.1) is 5.92 Å². The SMILES string of the molecule is O=C(NCCC1CCOC12CN(C(=O)c1cccc(O)c1)C2)c1ccncc1.O=C(O)C(F)(F)F. The fourth-order valence-electron chi connectivity index (χ4n) is 4.07. The van der Waals surface area contributed by atoms with Crippen molar-refractivity contribution in [3.05, 3.63) is 59.9 Å². The molecule has 9 nitrogen and oxygen atoms in total. The summed E-state index contributed by atoms with van der Waals surface area (Å²) in [7, 11) is 0. The molecule has 2 saturated heterocycles. The van der Waals surface area contributed by atoms with Gasteiger partial charge in [-0.2, -0.15) is 13.2 Å². The van der Waals surface area contributed by atoms with E-state index in [2.05, 4.69) is 10.3 Å². The minimum absolute atomic E-state index is 0.0843. The largest absolute Gasteiger partial charge is 0.508 e. The van der Waals surface area contributed by atoms with Crippen LogP contribution in [-0.4, -0.2) is 75.9 Å². The van der Waals surface area contributed by atoms with Crippen molar-refractivity contribution in [1.82, 2.24) is 15.2 Å². The summed E-state index contributed by atoms with van der Waals surface area (Å²) < 4.78 is 37.7. The second-order valence-electron chi connectivity index (χ2n) is 8.19. The first-order valence-electron chi connectivity index (χ1n) is 10.7. The van der Waals surface area contributed by atoms with Gasteiger partial charge in [0, 0.05) is 36.7 Å². The van der Waals surface area contributed by atoms with E-state index in [4.69, 9.17) is 14.6 Å². The predicted molar refractivity (Wildman–Crippen MR) is 116 cm³/mol. The Balaban J connectivity index is 0.000000429. The first-order chi connectivity index (χ1) is 16.5. The van der Waals surface area contributed by atoms with Crippen molar-refractivity contribution in [3.63, 3.8) is 0 Å². The maximum absolute atomic E-state index is 12.6. The average molecular weight is 495 g/mol. The van der Waals surface area contributed by atoms with E-state index in [1.165, 1.54) is 6.07 Å². The molecule has 1 spiro atoms. The highest BCUT2D eigenvalue weighted by molar-refractivity contribution is 5.95. The number of nitrogens with zero attached hydrogens (tertiary/aromatic N) is 2. The molecule has 1 unspecified atom stereocenters. The fourth-order valence-corrected chi connectivity index (χ4v) is 4.07. The zero-order valence-electron chi connectivity index (χ0n) is 18.5. The molecule has 2 aliphatic rings. The summed E-state index contributed by atoms with van der Waals surface area (Å²) in [5.74, 6) is -2.57. The molecule has 0 radical (unpaired) electrons. The zero-order chi connectivity index (χ0) is 25.6. The quantitative estimate of drug-likeness (QED) is 0.581. The topological polar surface area (TPSA) is 129 Å². The van der Waals surface area contributed by atoms with E-state index >= 15 is 0 Å². The number of phenols is 1. The monoisotopic (exact) mass is 495 g/mol. The molecule has 1 aromatic heterocycles. The number of carbonyl (C=O) groups excluding carboxylic acids is 2. The van der Waals surface area contributed by atoms with E-state index in [0.29, 0.717) is 43.3 Å². The number of likely N-dealkylation sites (tertiary alicyclic amines) is 1. The van der Waals surface area contributed by atoms with Gasteiger partial charge in [0.2, 0.25) is 0 Å². The van der Waals surface area contributed by atoms with Gasteiger partial charge >= 0.3 is 12.1 Å². The molecule has 0 saturated carbocycles. The van der Waals surface area contributed by atoms with Gasteiger partial charge < -0.3 is 25.2 Å². The summed E-state index contributed by atoms with van der Waals surface area (Å²) in [5.41, 5.74) is 0.765. The molecule has 3 N–H and O–H groups in total. The summed E-state index contributed by atoms with van der Waals surface area (Å²) in [6.07, 6.45) is -0.146. The molecule has 3 heterocycles. The predicted octanol–water partition coefficient (Wildman–Crippen LogP) is 2.47. The van der Waals surface area contributed by atoms with E-state index < -0.39 is 12.1 Å². The lowest BCUT2D eigenvalue weighted by Gasteiger charge is -2.50. The van der Waals surface area contributed by atoms with Crippen LogP contribution in [0.3, 0.4) is 0 Å². The third kappa shape index (κ3) is 6.47. The van der Waals surface area contributed by atoms with Crippen LogP contribution in [0.4, 0.5) is 13.2 Å². The van der Waals surface area contributed by atoms with Crippen molar-refractivity contribution in [2.75, 3.05) is 26.2 Å². The van der Waals surface area contributed by atoms with Crippen LogP contribution >= 0.6 is 0 Å². The number of aromatic hydroxyl groups is 1. The molecule has 12 heteroatoms. The molecule has 4 rings (SSSR count). The first-order valence-corrected chi connectivity index (χ1v) is 10.7. The Labute approximate surface area is 198 Å². The van der Waals surface area contributed by atoms with Crippen LogP contribution in [0.2, 0.25) is 0 Å². The van der Waals surface area contributed by atoms with Crippen molar-refractivity contribution in [2.24, 2.45) is 5.92 Å². The fraction of sp³-hybridized carbons (Fsp3) is 0.391. The summed E-state index contributed by atoms with van der Waals surface area (Å²) in [4.78, 5) is 39.3. The lowest BCUT2D eigenvalue weighted by atomic mass is 9.78. The number of pyridine rings is 1. The van der Waals surface area contributed by atoms with Crippen LogP contribution in [0.15, 0.2) is 48.8 Å². The van der Waals surface area contributed by atoms with Gasteiger partial charge in [-0.1, -0.05) is 6.07 Å². The van der Waals surface area contributed by atoms with Crippen molar-refractivity contribution in [3.8, 4) is 5.75 Å². The number of phenolic OH excluding ortho intramolecular Hbond substituents is 1. The molecule has 1 atom stereocenters.